The Morgan fingerprint density at radius 3 is 2.52 bits per heavy atom. The van der Waals surface area contributed by atoms with Crippen molar-refractivity contribution in [1.82, 2.24) is 4.90 Å². The molecule has 0 bridgehead atoms. The summed E-state index contributed by atoms with van der Waals surface area (Å²) in [4.78, 5) is 37.5. The Morgan fingerprint density at radius 2 is 1.93 bits per heavy atom. The Kier molecular flexibility index (Phi) is 6.90. The molecule has 1 heterocycles. The third-order valence-corrected chi connectivity index (χ3v) is 5.03. The van der Waals surface area contributed by atoms with Crippen LogP contribution in [0.1, 0.15) is 32.8 Å². The number of thioether (sulfide) groups is 1. The lowest BCUT2D eigenvalue weighted by Crippen LogP contribution is -2.42. The van der Waals surface area contributed by atoms with Gasteiger partial charge in [-0.1, -0.05) is 13.0 Å². The molecule has 2 amide bonds. The number of carbonyl (C=O) groups is 3. The van der Waals surface area contributed by atoms with Gasteiger partial charge in [-0.05, 0) is 55.8 Å². The Labute approximate surface area is 162 Å². The molecule has 8 heteroatoms. The van der Waals surface area contributed by atoms with Gasteiger partial charge in [0.15, 0.2) is 11.5 Å². The minimum Gasteiger partial charge on any atom is -0.493 e. The molecule has 2 rings (SSSR count). The van der Waals surface area contributed by atoms with Gasteiger partial charge in [-0.25, -0.2) is 4.79 Å². The first-order valence-electron chi connectivity index (χ1n) is 8.51. The number of benzene rings is 1. The highest BCUT2D eigenvalue weighted by Gasteiger charge is 2.41. The number of rotatable bonds is 7. The van der Waals surface area contributed by atoms with Gasteiger partial charge < -0.3 is 14.2 Å². The molecule has 0 N–H and O–H groups in total. The Hall–Kier alpha value is -2.48. The first-order chi connectivity index (χ1) is 12.8. The molecule has 7 nitrogen and oxygen atoms in total. The Balaban J connectivity index is 2.27. The second-order valence-electron chi connectivity index (χ2n) is 6.00. The van der Waals surface area contributed by atoms with Gasteiger partial charge in [0, 0.05) is 0 Å². The molecule has 0 aliphatic carbocycles. The molecule has 1 aliphatic rings. The van der Waals surface area contributed by atoms with Crippen molar-refractivity contribution < 1.29 is 28.6 Å². The van der Waals surface area contributed by atoms with E-state index in [4.69, 9.17) is 9.47 Å². The third-order valence-electron chi connectivity index (χ3n) is 4.14. The van der Waals surface area contributed by atoms with Crippen molar-refractivity contribution in [3.63, 3.8) is 0 Å². The van der Waals surface area contributed by atoms with Gasteiger partial charge in [-0.2, -0.15) is 0 Å². The molecule has 0 aromatic heterocycles. The molecule has 1 aromatic rings. The zero-order valence-corrected chi connectivity index (χ0v) is 16.8. The minimum absolute atomic E-state index is 0.0426. The van der Waals surface area contributed by atoms with E-state index in [2.05, 4.69) is 4.74 Å². The van der Waals surface area contributed by atoms with E-state index in [9.17, 15) is 14.4 Å². The van der Waals surface area contributed by atoms with Gasteiger partial charge in [0.2, 0.25) is 0 Å². The highest BCUT2D eigenvalue weighted by atomic mass is 32.2. The monoisotopic (exact) mass is 393 g/mol. The fraction of sp³-hybridized carbons (Fsp3) is 0.421. The van der Waals surface area contributed by atoms with Crippen LogP contribution in [-0.2, 0) is 14.3 Å². The molecule has 1 aliphatic heterocycles. The summed E-state index contributed by atoms with van der Waals surface area (Å²) >= 11 is 0.783. The first kappa shape index (κ1) is 20.8. The first-order valence-corrected chi connectivity index (χ1v) is 9.33. The SMILES string of the molecule is CC[C@H](C)Oc1ccc(/C=C2/SC(=O)N([C@H](C)C(=O)OC)C2=O)cc1OC. The second-order valence-corrected chi connectivity index (χ2v) is 6.99. The van der Waals surface area contributed by atoms with Crippen molar-refractivity contribution >= 4 is 35.0 Å². The van der Waals surface area contributed by atoms with E-state index in [-0.39, 0.29) is 11.0 Å². The van der Waals surface area contributed by atoms with E-state index >= 15 is 0 Å². The summed E-state index contributed by atoms with van der Waals surface area (Å²) in [7, 11) is 2.75. The number of carbonyl (C=O) groups excluding carboxylic acids is 3. The average molecular weight is 393 g/mol. The lowest BCUT2D eigenvalue weighted by molar-refractivity contribution is -0.148. The van der Waals surface area contributed by atoms with Crippen molar-refractivity contribution in [2.45, 2.75) is 39.3 Å². The maximum atomic E-state index is 12.5. The van der Waals surface area contributed by atoms with E-state index in [1.54, 1.807) is 24.3 Å². The number of hydrogen-bond acceptors (Lipinski definition) is 7. The summed E-state index contributed by atoms with van der Waals surface area (Å²) in [5, 5.41) is -0.507. The molecular weight excluding hydrogens is 370 g/mol. The molecule has 0 unspecified atom stereocenters. The third kappa shape index (κ3) is 4.63. The zero-order chi connectivity index (χ0) is 20.1. The van der Waals surface area contributed by atoms with Crippen LogP contribution in [0.3, 0.4) is 0 Å². The largest absolute Gasteiger partial charge is 0.493 e. The standard InChI is InChI=1S/C19H23NO6S/c1-6-11(2)26-14-8-7-13(9-15(14)24-4)10-16-17(21)20(19(23)27-16)12(3)18(22)25-5/h7-12H,6H2,1-5H3/b16-10+/t11-,12+/m0/s1. The van der Waals surface area contributed by atoms with E-state index in [0.29, 0.717) is 17.1 Å². The van der Waals surface area contributed by atoms with Crippen LogP contribution in [0.25, 0.3) is 6.08 Å². The van der Waals surface area contributed by atoms with Crippen LogP contribution < -0.4 is 9.47 Å². The molecule has 0 radical (unpaired) electrons. The van der Waals surface area contributed by atoms with Crippen molar-refractivity contribution in [3.05, 3.63) is 28.7 Å². The molecule has 2 atom stereocenters. The van der Waals surface area contributed by atoms with Gasteiger partial charge in [0.1, 0.15) is 6.04 Å². The maximum absolute atomic E-state index is 12.5. The molecule has 0 saturated carbocycles. The van der Waals surface area contributed by atoms with Crippen LogP contribution in [-0.4, -0.2) is 48.4 Å². The number of imide groups is 1. The topological polar surface area (TPSA) is 82.1 Å². The van der Waals surface area contributed by atoms with E-state index < -0.39 is 23.2 Å². The molecular formula is C19H23NO6S. The zero-order valence-electron chi connectivity index (χ0n) is 16.0. The Bertz CT molecular complexity index is 775. The Morgan fingerprint density at radius 1 is 1.22 bits per heavy atom. The number of amides is 2. The van der Waals surface area contributed by atoms with Gasteiger partial charge in [-0.3, -0.25) is 14.5 Å². The van der Waals surface area contributed by atoms with Gasteiger partial charge in [0.25, 0.3) is 11.1 Å². The highest BCUT2D eigenvalue weighted by molar-refractivity contribution is 8.18. The molecule has 1 fully saturated rings. The van der Waals surface area contributed by atoms with Crippen LogP contribution in [0.2, 0.25) is 0 Å². The predicted octanol–water partition coefficient (Wildman–Crippen LogP) is 3.47. The summed E-state index contributed by atoms with van der Waals surface area (Å²) in [6.45, 7) is 5.44. The van der Waals surface area contributed by atoms with Crippen LogP contribution >= 0.6 is 11.8 Å². The fourth-order valence-electron chi connectivity index (χ4n) is 2.41. The van der Waals surface area contributed by atoms with Gasteiger partial charge in [-0.15, -0.1) is 0 Å². The van der Waals surface area contributed by atoms with Crippen LogP contribution in [0.4, 0.5) is 4.79 Å². The van der Waals surface area contributed by atoms with Gasteiger partial charge in [0.05, 0.1) is 25.2 Å². The van der Waals surface area contributed by atoms with Crippen LogP contribution in [0, 0.1) is 0 Å². The van der Waals surface area contributed by atoms with Crippen molar-refractivity contribution in [2.24, 2.45) is 0 Å². The molecule has 1 saturated heterocycles. The number of ether oxygens (including phenoxy) is 3. The second kappa shape index (κ2) is 8.94. The summed E-state index contributed by atoms with van der Waals surface area (Å²) in [6, 6.07) is 4.29. The summed E-state index contributed by atoms with van der Waals surface area (Å²) < 4.78 is 15.8. The van der Waals surface area contributed by atoms with Crippen LogP contribution in [0.15, 0.2) is 23.1 Å². The summed E-state index contributed by atoms with van der Waals surface area (Å²) in [6.07, 6.45) is 2.49. The number of nitrogens with zero attached hydrogens (tertiary/aromatic N) is 1. The molecule has 0 spiro atoms. The quantitative estimate of drug-likeness (QED) is 0.518. The summed E-state index contributed by atoms with van der Waals surface area (Å²) in [5.41, 5.74) is 0.680. The molecule has 1 aromatic carbocycles. The van der Waals surface area contributed by atoms with Crippen molar-refractivity contribution in [3.8, 4) is 11.5 Å². The van der Waals surface area contributed by atoms with Crippen molar-refractivity contribution in [1.29, 1.82) is 0 Å². The fourth-order valence-corrected chi connectivity index (χ4v) is 3.32. The smallest absolute Gasteiger partial charge is 0.328 e. The number of hydrogen-bond donors (Lipinski definition) is 0. The number of methoxy groups -OCH3 is 2. The predicted molar refractivity (Wildman–Crippen MR) is 103 cm³/mol. The minimum atomic E-state index is -0.978. The normalized spacial score (nSPS) is 17.8. The highest BCUT2D eigenvalue weighted by Crippen LogP contribution is 2.35. The molecule has 146 valence electrons. The van der Waals surface area contributed by atoms with E-state index in [1.165, 1.54) is 21.1 Å². The van der Waals surface area contributed by atoms with Crippen LogP contribution in [0.5, 0.6) is 11.5 Å². The van der Waals surface area contributed by atoms with Gasteiger partial charge >= 0.3 is 5.97 Å². The van der Waals surface area contributed by atoms with Crippen molar-refractivity contribution in [2.75, 3.05) is 14.2 Å². The lowest BCUT2D eigenvalue weighted by Gasteiger charge is -2.18. The van der Waals surface area contributed by atoms with E-state index in [0.717, 1.165) is 23.1 Å². The maximum Gasteiger partial charge on any atom is 0.328 e. The van der Waals surface area contributed by atoms with E-state index in [1.807, 2.05) is 13.8 Å². The number of esters is 1. The molecule has 27 heavy (non-hydrogen) atoms. The summed E-state index contributed by atoms with van der Waals surface area (Å²) in [5.74, 6) is -0.0313. The average Bonchev–Trinajstić information content (AvgIpc) is 2.94. The lowest BCUT2D eigenvalue weighted by atomic mass is 10.1.